The van der Waals surface area contributed by atoms with E-state index in [9.17, 15) is 0 Å². The average molecular weight is 255 g/mol. The van der Waals surface area contributed by atoms with Crippen LogP contribution in [0.3, 0.4) is 0 Å². The molecule has 0 unspecified atom stereocenters. The number of halogens is 1. The minimum Gasteiger partial charge on any atom is -0.369 e. The molecule has 0 amide bonds. The molecule has 0 atom stereocenters. The quantitative estimate of drug-likeness (QED) is 0.852. The highest BCUT2D eigenvalue weighted by atomic mass is 35.5. The first-order chi connectivity index (χ1) is 7.77. The van der Waals surface area contributed by atoms with Crippen LogP contribution in [0.2, 0.25) is 5.15 Å². The van der Waals surface area contributed by atoms with Gasteiger partial charge in [0.2, 0.25) is 0 Å². The van der Waals surface area contributed by atoms with Crippen molar-refractivity contribution in [3.05, 3.63) is 33.6 Å². The molecule has 0 saturated carbocycles. The van der Waals surface area contributed by atoms with Crippen molar-refractivity contribution >= 4 is 28.8 Å². The van der Waals surface area contributed by atoms with Crippen LogP contribution in [0.1, 0.15) is 10.6 Å². The molecule has 0 aliphatic heterocycles. The van der Waals surface area contributed by atoms with Gasteiger partial charge in [-0.25, -0.2) is 15.0 Å². The highest BCUT2D eigenvalue weighted by molar-refractivity contribution is 7.09. The third-order valence-corrected chi connectivity index (χ3v) is 3.36. The molecule has 2 aromatic rings. The second-order valence-electron chi connectivity index (χ2n) is 3.24. The smallest absolute Gasteiger partial charge is 0.137 e. The van der Waals surface area contributed by atoms with Crippen molar-refractivity contribution < 1.29 is 0 Å². The molecular weight excluding hydrogens is 244 g/mol. The summed E-state index contributed by atoms with van der Waals surface area (Å²) in [6.07, 6.45) is 4.16. The molecule has 4 nitrogen and oxygen atoms in total. The maximum absolute atomic E-state index is 5.89. The predicted octanol–water partition coefficient (Wildman–Crippen LogP) is 2.55. The van der Waals surface area contributed by atoms with Gasteiger partial charge in [-0.1, -0.05) is 11.6 Å². The molecule has 0 saturated heterocycles. The topological polar surface area (TPSA) is 50.7 Å². The number of hydrogen-bond acceptors (Lipinski definition) is 5. The van der Waals surface area contributed by atoms with Crippen LogP contribution in [0.4, 0.5) is 5.82 Å². The Morgan fingerprint density at radius 1 is 1.38 bits per heavy atom. The zero-order valence-corrected chi connectivity index (χ0v) is 10.3. The van der Waals surface area contributed by atoms with Gasteiger partial charge in [0.1, 0.15) is 17.3 Å². The van der Waals surface area contributed by atoms with Gasteiger partial charge in [0, 0.05) is 30.1 Å². The van der Waals surface area contributed by atoms with Crippen molar-refractivity contribution in [1.29, 1.82) is 0 Å². The Labute approximate surface area is 103 Å². The van der Waals surface area contributed by atoms with Crippen LogP contribution in [0.5, 0.6) is 0 Å². The molecule has 16 heavy (non-hydrogen) atoms. The summed E-state index contributed by atoms with van der Waals surface area (Å²) >= 11 is 7.55. The minimum atomic E-state index is 0.492. The average Bonchev–Trinajstić information content (AvgIpc) is 2.77. The van der Waals surface area contributed by atoms with Gasteiger partial charge in [0.25, 0.3) is 0 Å². The molecule has 2 rings (SSSR count). The number of thiazole rings is 1. The standard InChI is InChI=1S/C10H11ClN4S/c1-7-9(11)14-6-15-10(7)13-3-2-8-12-4-5-16-8/h4-6H,2-3H2,1H3,(H,13,14,15). The Bertz CT molecular complexity index is 458. The van der Waals surface area contributed by atoms with Gasteiger partial charge >= 0.3 is 0 Å². The Morgan fingerprint density at radius 2 is 2.25 bits per heavy atom. The van der Waals surface area contributed by atoms with Crippen molar-refractivity contribution in [2.45, 2.75) is 13.3 Å². The lowest BCUT2D eigenvalue weighted by Crippen LogP contribution is -2.08. The zero-order valence-electron chi connectivity index (χ0n) is 8.77. The molecule has 0 fully saturated rings. The Kier molecular flexibility index (Phi) is 3.69. The van der Waals surface area contributed by atoms with Crippen LogP contribution < -0.4 is 5.32 Å². The summed E-state index contributed by atoms with van der Waals surface area (Å²) in [5.74, 6) is 0.788. The van der Waals surface area contributed by atoms with Crippen molar-refractivity contribution in [2.24, 2.45) is 0 Å². The van der Waals surface area contributed by atoms with Crippen molar-refractivity contribution in [2.75, 3.05) is 11.9 Å². The number of nitrogens with one attached hydrogen (secondary N) is 1. The first kappa shape index (κ1) is 11.3. The normalized spacial score (nSPS) is 10.4. The van der Waals surface area contributed by atoms with Crippen LogP contribution in [-0.4, -0.2) is 21.5 Å². The first-order valence-electron chi connectivity index (χ1n) is 4.86. The third-order valence-electron chi connectivity index (χ3n) is 2.14. The fourth-order valence-corrected chi connectivity index (χ4v) is 2.02. The number of aromatic nitrogens is 3. The van der Waals surface area contributed by atoms with Crippen molar-refractivity contribution in [3.8, 4) is 0 Å². The van der Waals surface area contributed by atoms with E-state index in [0.717, 1.165) is 29.4 Å². The minimum absolute atomic E-state index is 0.492. The van der Waals surface area contributed by atoms with E-state index in [-0.39, 0.29) is 0 Å². The summed E-state index contributed by atoms with van der Waals surface area (Å²) in [4.78, 5) is 12.2. The molecule has 6 heteroatoms. The monoisotopic (exact) mass is 254 g/mol. The van der Waals surface area contributed by atoms with Gasteiger partial charge in [0.05, 0.1) is 5.01 Å². The van der Waals surface area contributed by atoms with E-state index < -0.39 is 0 Å². The molecule has 0 bridgehead atoms. The molecule has 0 aromatic carbocycles. The fourth-order valence-electron chi connectivity index (χ4n) is 1.27. The van der Waals surface area contributed by atoms with E-state index in [0.29, 0.717) is 5.15 Å². The van der Waals surface area contributed by atoms with Crippen LogP contribution in [0.15, 0.2) is 17.9 Å². The summed E-state index contributed by atoms with van der Waals surface area (Å²) in [6, 6.07) is 0. The Morgan fingerprint density at radius 3 is 3.00 bits per heavy atom. The number of nitrogens with zero attached hydrogens (tertiary/aromatic N) is 3. The number of hydrogen-bond donors (Lipinski definition) is 1. The maximum Gasteiger partial charge on any atom is 0.137 e. The van der Waals surface area contributed by atoms with Crippen molar-refractivity contribution in [1.82, 2.24) is 15.0 Å². The van der Waals surface area contributed by atoms with Crippen LogP contribution >= 0.6 is 22.9 Å². The maximum atomic E-state index is 5.89. The van der Waals surface area contributed by atoms with Crippen molar-refractivity contribution in [3.63, 3.8) is 0 Å². The fraction of sp³-hybridized carbons (Fsp3) is 0.300. The van der Waals surface area contributed by atoms with Crippen LogP contribution in [0, 0.1) is 6.92 Å². The van der Waals surface area contributed by atoms with Crippen LogP contribution in [-0.2, 0) is 6.42 Å². The summed E-state index contributed by atoms with van der Waals surface area (Å²) in [5, 5.41) is 6.81. The Balaban J connectivity index is 1.92. The van der Waals surface area contributed by atoms with E-state index in [1.54, 1.807) is 11.3 Å². The second kappa shape index (κ2) is 5.23. The van der Waals surface area contributed by atoms with E-state index >= 15 is 0 Å². The lowest BCUT2D eigenvalue weighted by Gasteiger charge is -2.07. The molecule has 0 spiro atoms. The van der Waals surface area contributed by atoms with Gasteiger partial charge < -0.3 is 5.32 Å². The lowest BCUT2D eigenvalue weighted by molar-refractivity contribution is 0.976. The summed E-state index contributed by atoms with van der Waals surface area (Å²) in [7, 11) is 0. The van der Waals surface area contributed by atoms with E-state index in [1.807, 2.05) is 18.5 Å². The van der Waals surface area contributed by atoms with Gasteiger partial charge in [-0.2, -0.15) is 0 Å². The van der Waals surface area contributed by atoms with E-state index in [4.69, 9.17) is 11.6 Å². The van der Waals surface area contributed by atoms with Gasteiger partial charge in [-0.15, -0.1) is 11.3 Å². The summed E-state index contributed by atoms with van der Waals surface area (Å²) in [6.45, 7) is 2.69. The van der Waals surface area contributed by atoms with E-state index in [1.165, 1.54) is 6.33 Å². The number of rotatable bonds is 4. The Hall–Kier alpha value is -1.20. The molecule has 2 heterocycles. The molecule has 0 aliphatic carbocycles. The molecule has 2 aromatic heterocycles. The highest BCUT2D eigenvalue weighted by Crippen LogP contribution is 2.17. The van der Waals surface area contributed by atoms with Crippen LogP contribution in [0.25, 0.3) is 0 Å². The molecule has 0 aliphatic rings. The first-order valence-corrected chi connectivity index (χ1v) is 6.12. The third kappa shape index (κ3) is 2.68. The largest absolute Gasteiger partial charge is 0.369 e. The van der Waals surface area contributed by atoms with E-state index in [2.05, 4.69) is 20.3 Å². The second-order valence-corrected chi connectivity index (χ2v) is 4.58. The molecule has 1 N–H and O–H groups in total. The lowest BCUT2D eigenvalue weighted by atomic mass is 10.3. The summed E-state index contributed by atoms with van der Waals surface area (Å²) < 4.78 is 0. The zero-order chi connectivity index (χ0) is 11.4. The highest BCUT2D eigenvalue weighted by Gasteiger charge is 2.04. The molecule has 84 valence electrons. The molecular formula is C10H11ClN4S. The van der Waals surface area contributed by atoms with Gasteiger partial charge in [-0.05, 0) is 6.92 Å². The van der Waals surface area contributed by atoms with Gasteiger partial charge in [0.15, 0.2) is 0 Å². The SMILES string of the molecule is Cc1c(Cl)ncnc1NCCc1nccs1. The summed E-state index contributed by atoms with van der Waals surface area (Å²) in [5.41, 5.74) is 0.878. The molecule has 0 radical (unpaired) electrons. The predicted molar refractivity (Wildman–Crippen MR) is 66.1 cm³/mol. The number of anilines is 1. The van der Waals surface area contributed by atoms with Gasteiger partial charge in [-0.3, -0.25) is 0 Å².